The van der Waals surface area contributed by atoms with Gasteiger partial charge in [-0.2, -0.15) is 0 Å². The third-order valence-electron chi connectivity index (χ3n) is 5.31. The summed E-state index contributed by atoms with van der Waals surface area (Å²) in [4.78, 5) is 12.3. The van der Waals surface area contributed by atoms with Crippen molar-refractivity contribution in [1.29, 1.82) is 0 Å². The van der Waals surface area contributed by atoms with Crippen LogP contribution in [0.15, 0.2) is 42.5 Å². The van der Waals surface area contributed by atoms with Gasteiger partial charge in [-0.3, -0.25) is 0 Å². The van der Waals surface area contributed by atoms with Crippen LogP contribution in [0.1, 0.15) is 45.6 Å². The Bertz CT molecular complexity index is 969. The lowest BCUT2D eigenvalue weighted by Crippen LogP contribution is -2.30. The summed E-state index contributed by atoms with van der Waals surface area (Å²) in [6.45, 7) is 8.83. The third-order valence-corrected chi connectivity index (χ3v) is 5.64. The molecule has 0 saturated carbocycles. The summed E-state index contributed by atoms with van der Waals surface area (Å²) in [5, 5.41) is 1.83. The van der Waals surface area contributed by atoms with Gasteiger partial charge in [-0.15, -0.1) is 0 Å². The molecule has 1 saturated heterocycles. The molecule has 0 N–H and O–H groups in total. The molecule has 3 aromatic rings. The zero-order chi connectivity index (χ0) is 19.0. The molecule has 0 aliphatic carbocycles. The molecule has 0 unspecified atom stereocenters. The summed E-state index contributed by atoms with van der Waals surface area (Å²) < 4.78 is 0. The molecule has 140 valence electrons. The van der Waals surface area contributed by atoms with Crippen LogP contribution >= 0.6 is 11.6 Å². The second-order valence-electron chi connectivity index (χ2n) is 8.38. The van der Waals surface area contributed by atoms with Crippen molar-refractivity contribution < 1.29 is 0 Å². The summed E-state index contributed by atoms with van der Waals surface area (Å²) in [6.07, 6.45) is 3.72. The number of fused-ring (bicyclic) bond motifs is 1. The van der Waals surface area contributed by atoms with E-state index in [1.807, 2.05) is 24.3 Å². The van der Waals surface area contributed by atoms with Gasteiger partial charge in [-0.25, -0.2) is 9.97 Å². The Morgan fingerprint density at radius 1 is 0.926 bits per heavy atom. The van der Waals surface area contributed by atoms with E-state index in [-0.39, 0.29) is 5.41 Å². The molecule has 2 aromatic carbocycles. The Morgan fingerprint density at radius 3 is 2.37 bits per heavy atom. The van der Waals surface area contributed by atoms with Gasteiger partial charge in [0.15, 0.2) is 5.82 Å². The highest BCUT2D eigenvalue weighted by molar-refractivity contribution is 6.33. The zero-order valence-corrected chi connectivity index (χ0v) is 17.1. The summed E-state index contributed by atoms with van der Waals surface area (Å²) in [5.41, 5.74) is 3.27. The minimum atomic E-state index is 0.0920. The van der Waals surface area contributed by atoms with Crippen molar-refractivity contribution in [1.82, 2.24) is 9.97 Å². The van der Waals surface area contributed by atoms with Gasteiger partial charge in [0, 0.05) is 24.0 Å². The van der Waals surface area contributed by atoms with Gasteiger partial charge < -0.3 is 4.90 Å². The molecule has 4 heteroatoms. The lowest BCUT2D eigenvalue weighted by molar-refractivity contribution is 0.574. The first-order valence-electron chi connectivity index (χ1n) is 9.75. The van der Waals surface area contributed by atoms with E-state index in [4.69, 9.17) is 21.6 Å². The third kappa shape index (κ3) is 3.66. The molecule has 2 heterocycles. The molecule has 0 spiro atoms. The van der Waals surface area contributed by atoms with Gasteiger partial charge in [-0.05, 0) is 54.5 Å². The first-order valence-corrected chi connectivity index (χ1v) is 10.1. The fourth-order valence-electron chi connectivity index (χ4n) is 3.69. The Morgan fingerprint density at radius 2 is 1.67 bits per heavy atom. The second kappa shape index (κ2) is 7.12. The van der Waals surface area contributed by atoms with Crippen LogP contribution in [0.5, 0.6) is 0 Å². The number of nitrogens with zero attached hydrogens (tertiary/aromatic N) is 3. The smallest absolute Gasteiger partial charge is 0.163 e. The number of hydrogen-bond acceptors (Lipinski definition) is 3. The molecule has 1 aliphatic rings. The number of aromatic nitrogens is 2. The van der Waals surface area contributed by atoms with E-state index in [2.05, 4.69) is 43.9 Å². The quantitative estimate of drug-likeness (QED) is 0.527. The highest BCUT2D eigenvalue weighted by Crippen LogP contribution is 2.34. The van der Waals surface area contributed by atoms with E-state index >= 15 is 0 Å². The first kappa shape index (κ1) is 18.2. The van der Waals surface area contributed by atoms with E-state index < -0.39 is 0 Å². The molecule has 0 atom stereocenters. The normalized spacial score (nSPS) is 15.3. The minimum Gasteiger partial charge on any atom is -0.356 e. The molecule has 0 amide bonds. The summed E-state index contributed by atoms with van der Waals surface area (Å²) in [6, 6.07) is 14.4. The second-order valence-corrected chi connectivity index (χ2v) is 8.79. The van der Waals surface area contributed by atoms with Crippen molar-refractivity contribution in [3.8, 4) is 11.4 Å². The first-order chi connectivity index (χ1) is 12.9. The summed E-state index contributed by atoms with van der Waals surface area (Å²) in [7, 11) is 0. The number of piperidine rings is 1. The van der Waals surface area contributed by atoms with Crippen LogP contribution in [-0.4, -0.2) is 23.1 Å². The van der Waals surface area contributed by atoms with Gasteiger partial charge in [0.25, 0.3) is 0 Å². The van der Waals surface area contributed by atoms with E-state index in [1.165, 1.54) is 24.8 Å². The Hall–Kier alpha value is -2.13. The summed E-state index contributed by atoms with van der Waals surface area (Å²) in [5.74, 6) is 1.75. The largest absolute Gasteiger partial charge is 0.356 e. The van der Waals surface area contributed by atoms with Gasteiger partial charge in [0.2, 0.25) is 0 Å². The fourth-order valence-corrected chi connectivity index (χ4v) is 3.91. The average molecular weight is 380 g/mol. The molecular formula is C23H26ClN3. The number of halogens is 1. The van der Waals surface area contributed by atoms with Gasteiger partial charge >= 0.3 is 0 Å². The fraction of sp³-hybridized carbons (Fsp3) is 0.391. The standard InChI is InChI=1S/C23H26ClN3/c1-23(2,3)16-11-12-20-18(15-16)22(27-13-7-4-8-14-27)26-21(25-20)17-9-5-6-10-19(17)24/h5-6,9-12,15H,4,7-8,13-14H2,1-3H3. The molecule has 0 bridgehead atoms. The molecule has 3 nitrogen and oxygen atoms in total. The van der Waals surface area contributed by atoms with Crippen molar-refractivity contribution in [3.05, 3.63) is 53.1 Å². The van der Waals surface area contributed by atoms with Crippen LogP contribution in [0.4, 0.5) is 5.82 Å². The molecule has 0 radical (unpaired) electrons. The molecular weight excluding hydrogens is 354 g/mol. The van der Waals surface area contributed by atoms with E-state index in [0.717, 1.165) is 35.4 Å². The minimum absolute atomic E-state index is 0.0920. The lowest BCUT2D eigenvalue weighted by atomic mass is 9.86. The predicted molar refractivity (Wildman–Crippen MR) is 115 cm³/mol. The van der Waals surface area contributed by atoms with Crippen LogP contribution in [0.2, 0.25) is 5.02 Å². The maximum absolute atomic E-state index is 6.44. The van der Waals surface area contributed by atoms with Crippen molar-refractivity contribution in [3.63, 3.8) is 0 Å². The lowest BCUT2D eigenvalue weighted by Gasteiger charge is -2.29. The van der Waals surface area contributed by atoms with Crippen molar-refractivity contribution >= 4 is 28.3 Å². The number of hydrogen-bond donors (Lipinski definition) is 0. The van der Waals surface area contributed by atoms with E-state index in [0.29, 0.717) is 10.8 Å². The highest BCUT2D eigenvalue weighted by atomic mass is 35.5. The SMILES string of the molecule is CC(C)(C)c1ccc2nc(-c3ccccc3Cl)nc(N3CCCCC3)c2c1. The Kier molecular flexibility index (Phi) is 4.81. The highest BCUT2D eigenvalue weighted by Gasteiger charge is 2.21. The maximum Gasteiger partial charge on any atom is 0.163 e. The molecule has 1 aromatic heterocycles. The average Bonchev–Trinajstić information content (AvgIpc) is 2.67. The van der Waals surface area contributed by atoms with E-state index in [9.17, 15) is 0 Å². The van der Waals surface area contributed by atoms with Gasteiger partial charge in [-0.1, -0.05) is 50.6 Å². The topological polar surface area (TPSA) is 29.0 Å². The Balaban J connectivity index is 1.94. The van der Waals surface area contributed by atoms with Crippen LogP contribution < -0.4 is 4.90 Å². The van der Waals surface area contributed by atoms with Crippen molar-refractivity contribution in [2.45, 2.75) is 45.4 Å². The van der Waals surface area contributed by atoms with Crippen molar-refractivity contribution in [2.75, 3.05) is 18.0 Å². The summed E-state index contributed by atoms with van der Waals surface area (Å²) >= 11 is 6.44. The molecule has 27 heavy (non-hydrogen) atoms. The molecule has 1 fully saturated rings. The molecule has 4 rings (SSSR count). The van der Waals surface area contributed by atoms with E-state index in [1.54, 1.807) is 0 Å². The van der Waals surface area contributed by atoms with Crippen LogP contribution in [-0.2, 0) is 5.41 Å². The Labute approximate surface area is 166 Å². The maximum atomic E-state index is 6.44. The van der Waals surface area contributed by atoms with Crippen LogP contribution in [0, 0.1) is 0 Å². The van der Waals surface area contributed by atoms with Gasteiger partial charge in [0.05, 0.1) is 10.5 Å². The van der Waals surface area contributed by atoms with Crippen LogP contribution in [0.25, 0.3) is 22.3 Å². The number of benzene rings is 2. The number of anilines is 1. The van der Waals surface area contributed by atoms with Gasteiger partial charge in [0.1, 0.15) is 5.82 Å². The molecule has 1 aliphatic heterocycles. The monoisotopic (exact) mass is 379 g/mol. The van der Waals surface area contributed by atoms with Crippen molar-refractivity contribution in [2.24, 2.45) is 0 Å². The van der Waals surface area contributed by atoms with Crippen LogP contribution in [0.3, 0.4) is 0 Å². The number of rotatable bonds is 2. The zero-order valence-electron chi connectivity index (χ0n) is 16.3. The predicted octanol–water partition coefficient (Wildman–Crippen LogP) is 6.24.